The Morgan fingerprint density at radius 2 is 1.35 bits per heavy atom. The molecular weight excluding hydrogens is 376 g/mol. The van der Waals surface area contributed by atoms with Gasteiger partial charge in [0, 0.05) is 28.9 Å². The lowest BCUT2D eigenvalue weighted by atomic mass is 9.87. The molecule has 0 N–H and O–H groups in total. The minimum absolute atomic E-state index is 0.160. The number of aliphatic imine (C=N–C) groups is 1. The summed E-state index contributed by atoms with van der Waals surface area (Å²) in [6.45, 7) is 11.0. The van der Waals surface area contributed by atoms with E-state index < -0.39 is 0 Å². The van der Waals surface area contributed by atoms with Crippen LogP contribution in [-0.2, 0) is 5.41 Å². The molecule has 0 aliphatic rings. The maximum Gasteiger partial charge on any atom is 0.0630 e. The van der Waals surface area contributed by atoms with E-state index in [4.69, 9.17) is 4.99 Å². The summed E-state index contributed by atoms with van der Waals surface area (Å²) in [5.41, 5.74) is 9.63. The molecule has 0 unspecified atom stereocenters. The summed E-state index contributed by atoms with van der Waals surface area (Å²) in [5.74, 6) is 0. The largest absolute Gasteiger partial charge is 0.318 e. The Labute approximate surface area is 185 Å². The topological polar surface area (TPSA) is 17.3 Å². The van der Waals surface area contributed by atoms with Gasteiger partial charge in [-0.1, -0.05) is 75.4 Å². The second-order valence-corrected chi connectivity index (χ2v) is 9.13. The van der Waals surface area contributed by atoms with Gasteiger partial charge < -0.3 is 4.57 Å². The molecule has 0 saturated carbocycles. The van der Waals surface area contributed by atoms with Crippen molar-refractivity contribution in [3.8, 4) is 16.8 Å². The van der Waals surface area contributed by atoms with Gasteiger partial charge >= 0.3 is 0 Å². The maximum atomic E-state index is 4.73. The highest BCUT2D eigenvalue weighted by Crippen LogP contribution is 2.26. The number of hydrogen-bond donors (Lipinski definition) is 0. The molecule has 0 saturated heterocycles. The Morgan fingerprint density at radius 3 is 1.97 bits per heavy atom. The molecule has 0 aliphatic carbocycles. The minimum atomic E-state index is 0.160. The fraction of sp³-hybridized carbons (Fsp3) is 0.207. The molecule has 2 nitrogen and oxygen atoms in total. The van der Waals surface area contributed by atoms with E-state index in [1.165, 1.54) is 33.8 Å². The quantitative estimate of drug-likeness (QED) is 0.308. The van der Waals surface area contributed by atoms with E-state index in [0.29, 0.717) is 0 Å². The van der Waals surface area contributed by atoms with Gasteiger partial charge in [0.2, 0.25) is 0 Å². The first-order valence-corrected chi connectivity index (χ1v) is 10.8. The zero-order valence-corrected chi connectivity index (χ0v) is 19.1. The van der Waals surface area contributed by atoms with Gasteiger partial charge in [-0.2, -0.15) is 0 Å². The van der Waals surface area contributed by atoms with E-state index >= 15 is 0 Å². The van der Waals surface area contributed by atoms with Crippen molar-refractivity contribution in [1.29, 1.82) is 0 Å². The molecule has 4 rings (SSSR count). The van der Waals surface area contributed by atoms with Crippen LogP contribution < -0.4 is 0 Å². The van der Waals surface area contributed by atoms with Gasteiger partial charge in [-0.3, -0.25) is 4.99 Å². The summed E-state index contributed by atoms with van der Waals surface area (Å²) < 4.78 is 2.30. The monoisotopic (exact) mass is 406 g/mol. The summed E-state index contributed by atoms with van der Waals surface area (Å²) in [4.78, 5) is 4.73. The van der Waals surface area contributed by atoms with E-state index in [-0.39, 0.29) is 5.41 Å². The Bertz CT molecular complexity index is 1190. The number of benzene rings is 3. The molecule has 3 aromatic carbocycles. The lowest BCUT2D eigenvalue weighted by Gasteiger charge is -2.20. The first-order valence-electron chi connectivity index (χ1n) is 10.8. The number of aryl methyl sites for hydroxylation is 1. The Kier molecular flexibility index (Phi) is 5.65. The van der Waals surface area contributed by atoms with Crippen LogP contribution in [0.3, 0.4) is 0 Å². The van der Waals surface area contributed by atoms with Gasteiger partial charge in [-0.05, 0) is 66.3 Å². The van der Waals surface area contributed by atoms with Crippen molar-refractivity contribution in [1.82, 2.24) is 4.57 Å². The lowest BCUT2D eigenvalue weighted by molar-refractivity contribution is 0.590. The fourth-order valence-corrected chi connectivity index (χ4v) is 3.94. The summed E-state index contributed by atoms with van der Waals surface area (Å²) in [6.07, 6.45) is 1.97. The summed E-state index contributed by atoms with van der Waals surface area (Å²) in [6, 6.07) is 29.9. The minimum Gasteiger partial charge on any atom is -0.318 e. The Balaban J connectivity index is 1.57. The van der Waals surface area contributed by atoms with E-state index in [1.807, 2.05) is 12.3 Å². The SMILES string of the molecule is Cc1cc(C=Nc2ccc(-c3ccccc3)cc2)c(C)n1-c1ccc(C(C)(C)C)cc1. The second-order valence-electron chi connectivity index (χ2n) is 9.13. The summed E-state index contributed by atoms with van der Waals surface area (Å²) in [5, 5.41) is 0. The molecule has 1 heterocycles. The zero-order valence-electron chi connectivity index (χ0n) is 19.1. The van der Waals surface area contributed by atoms with Crippen LogP contribution in [0.1, 0.15) is 43.3 Å². The lowest BCUT2D eigenvalue weighted by Crippen LogP contribution is -2.11. The van der Waals surface area contributed by atoms with E-state index in [9.17, 15) is 0 Å². The number of rotatable bonds is 4. The molecule has 31 heavy (non-hydrogen) atoms. The molecule has 0 spiro atoms. The van der Waals surface area contributed by atoms with Crippen molar-refractivity contribution in [2.75, 3.05) is 0 Å². The molecule has 0 fully saturated rings. The number of hydrogen-bond acceptors (Lipinski definition) is 1. The molecule has 2 heteroatoms. The second kappa shape index (κ2) is 8.39. The summed E-state index contributed by atoms with van der Waals surface area (Å²) in [7, 11) is 0. The molecule has 0 amide bonds. The van der Waals surface area contributed by atoms with Gasteiger partial charge in [0.1, 0.15) is 0 Å². The molecule has 0 radical (unpaired) electrons. The van der Waals surface area contributed by atoms with Crippen molar-refractivity contribution in [3.05, 3.63) is 107 Å². The average Bonchev–Trinajstić information content (AvgIpc) is 3.06. The van der Waals surface area contributed by atoms with Crippen LogP contribution in [0, 0.1) is 13.8 Å². The van der Waals surface area contributed by atoms with Crippen molar-refractivity contribution >= 4 is 11.9 Å². The number of nitrogens with zero attached hydrogens (tertiary/aromatic N) is 2. The van der Waals surface area contributed by atoms with Crippen LogP contribution in [0.15, 0.2) is 89.9 Å². The predicted octanol–water partition coefficient (Wildman–Crippen LogP) is 7.81. The van der Waals surface area contributed by atoms with Gasteiger partial charge in [0.25, 0.3) is 0 Å². The van der Waals surface area contributed by atoms with Gasteiger partial charge in [-0.25, -0.2) is 0 Å². The summed E-state index contributed by atoms with van der Waals surface area (Å²) >= 11 is 0. The van der Waals surface area contributed by atoms with Gasteiger partial charge in [0.05, 0.1) is 5.69 Å². The first-order chi connectivity index (χ1) is 14.8. The molecule has 1 aromatic heterocycles. The molecule has 4 aromatic rings. The van der Waals surface area contributed by atoms with Crippen LogP contribution in [-0.4, -0.2) is 10.8 Å². The van der Waals surface area contributed by atoms with Crippen molar-refractivity contribution in [2.45, 2.75) is 40.0 Å². The molecule has 0 aliphatic heterocycles. The third-order valence-corrected chi connectivity index (χ3v) is 5.79. The molecule has 156 valence electrons. The van der Waals surface area contributed by atoms with E-state index in [2.05, 4.69) is 118 Å². The third kappa shape index (κ3) is 4.54. The number of aromatic nitrogens is 1. The molecule has 0 bridgehead atoms. The van der Waals surface area contributed by atoms with Crippen LogP contribution in [0.25, 0.3) is 16.8 Å². The van der Waals surface area contributed by atoms with Crippen molar-refractivity contribution < 1.29 is 0 Å². The Morgan fingerprint density at radius 1 is 0.742 bits per heavy atom. The van der Waals surface area contributed by atoms with Gasteiger partial charge in [-0.15, -0.1) is 0 Å². The highest BCUT2D eigenvalue weighted by molar-refractivity contribution is 5.84. The smallest absolute Gasteiger partial charge is 0.0630 e. The van der Waals surface area contributed by atoms with Crippen molar-refractivity contribution in [2.24, 2.45) is 4.99 Å². The molecular formula is C29H30N2. The highest BCUT2D eigenvalue weighted by atomic mass is 15.0. The standard InChI is InChI=1S/C29H30N2/c1-21-19-25(22(2)31(21)28-17-13-26(14-18-28)29(3,4)5)20-30-27-15-11-24(12-16-27)23-9-7-6-8-10-23/h6-20H,1-5H3. The predicted molar refractivity (Wildman–Crippen MR) is 133 cm³/mol. The zero-order chi connectivity index (χ0) is 22.0. The van der Waals surface area contributed by atoms with Crippen LogP contribution in [0.5, 0.6) is 0 Å². The fourth-order valence-electron chi connectivity index (χ4n) is 3.94. The van der Waals surface area contributed by atoms with Crippen LogP contribution in [0.2, 0.25) is 0 Å². The third-order valence-electron chi connectivity index (χ3n) is 5.79. The maximum absolute atomic E-state index is 4.73. The van der Waals surface area contributed by atoms with Crippen LogP contribution >= 0.6 is 0 Å². The average molecular weight is 407 g/mol. The van der Waals surface area contributed by atoms with Crippen molar-refractivity contribution in [3.63, 3.8) is 0 Å². The van der Waals surface area contributed by atoms with Crippen LogP contribution in [0.4, 0.5) is 5.69 Å². The normalized spacial score (nSPS) is 11.9. The molecule has 0 atom stereocenters. The highest BCUT2D eigenvalue weighted by Gasteiger charge is 2.14. The first kappa shape index (κ1) is 20.9. The van der Waals surface area contributed by atoms with E-state index in [0.717, 1.165) is 11.3 Å². The van der Waals surface area contributed by atoms with E-state index in [1.54, 1.807) is 0 Å². The Hall–Kier alpha value is -3.39. The van der Waals surface area contributed by atoms with Gasteiger partial charge in [0.15, 0.2) is 0 Å².